The van der Waals surface area contributed by atoms with E-state index < -0.39 is 6.09 Å². The lowest BCUT2D eigenvalue weighted by Gasteiger charge is -2.12. The third-order valence-electron chi connectivity index (χ3n) is 2.50. The van der Waals surface area contributed by atoms with Gasteiger partial charge in [0.25, 0.3) is 0 Å². The molecule has 1 aromatic carbocycles. The van der Waals surface area contributed by atoms with Gasteiger partial charge in [-0.05, 0) is 24.6 Å². The standard InChI is InChI=1S/C12H14ClNO3/c1-8-3-4-9(13)7-10(8)11(15)5-6-14(2)12(16)17/h3-4,7H,5-6H2,1-2H3,(H,16,17). The zero-order valence-corrected chi connectivity index (χ0v) is 10.5. The number of nitrogens with zero attached hydrogens (tertiary/aromatic N) is 1. The number of halogens is 1. The van der Waals surface area contributed by atoms with Crippen molar-refractivity contribution in [3.8, 4) is 0 Å². The van der Waals surface area contributed by atoms with E-state index in [0.29, 0.717) is 10.6 Å². The molecule has 0 aliphatic heterocycles. The fourth-order valence-corrected chi connectivity index (χ4v) is 1.57. The number of benzene rings is 1. The lowest BCUT2D eigenvalue weighted by atomic mass is 10.0. The highest BCUT2D eigenvalue weighted by Crippen LogP contribution is 2.17. The van der Waals surface area contributed by atoms with Gasteiger partial charge in [-0.25, -0.2) is 4.79 Å². The van der Waals surface area contributed by atoms with E-state index in [2.05, 4.69) is 0 Å². The summed E-state index contributed by atoms with van der Waals surface area (Å²) in [5.74, 6) is -0.0990. The van der Waals surface area contributed by atoms with Crippen molar-refractivity contribution in [2.45, 2.75) is 13.3 Å². The normalized spacial score (nSPS) is 10.1. The van der Waals surface area contributed by atoms with E-state index in [4.69, 9.17) is 16.7 Å². The van der Waals surface area contributed by atoms with Gasteiger partial charge in [0.15, 0.2) is 5.78 Å². The first-order valence-corrected chi connectivity index (χ1v) is 5.53. The lowest BCUT2D eigenvalue weighted by molar-refractivity contribution is 0.0966. The highest BCUT2D eigenvalue weighted by Gasteiger charge is 2.12. The van der Waals surface area contributed by atoms with Gasteiger partial charge in [-0.3, -0.25) is 4.79 Å². The molecule has 4 nitrogen and oxygen atoms in total. The molecule has 0 radical (unpaired) electrons. The van der Waals surface area contributed by atoms with Crippen molar-refractivity contribution in [1.82, 2.24) is 4.90 Å². The molecular formula is C12H14ClNO3. The topological polar surface area (TPSA) is 57.6 Å². The summed E-state index contributed by atoms with van der Waals surface area (Å²) in [5, 5.41) is 9.16. The van der Waals surface area contributed by atoms with Crippen LogP contribution in [0, 0.1) is 6.92 Å². The molecule has 0 spiro atoms. The molecule has 0 fully saturated rings. The molecule has 92 valence electrons. The Morgan fingerprint density at radius 3 is 2.65 bits per heavy atom. The van der Waals surface area contributed by atoms with Crippen molar-refractivity contribution < 1.29 is 14.7 Å². The zero-order valence-electron chi connectivity index (χ0n) is 9.74. The number of rotatable bonds is 4. The zero-order chi connectivity index (χ0) is 13.0. The van der Waals surface area contributed by atoms with Gasteiger partial charge in [-0.2, -0.15) is 0 Å². The highest BCUT2D eigenvalue weighted by molar-refractivity contribution is 6.31. The maximum Gasteiger partial charge on any atom is 0.407 e. The van der Waals surface area contributed by atoms with Crippen molar-refractivity contribution >= 4 is 23.5 Å². The van der Waals surface area contributed by atoms with Crippen LogP contribution in [-0.4, -0.2) is 35.5 Å². The second kappa shape index (κ2) is 5.68. The van der Waals surface area contributed by atoms with Gasteiger partial charge < -0.3 is 10.0 Å². The van der Waals surface area contributed by atoms with E-state index >= 15 is 0 Å². The number of Topliss-reactive ketones (excluding diaryl/α,β-unsaturated/α-hetero) is 1. The molecule has 0 saturated heterocycles. The Kier molecular flexibility index (Phi) is 4.52. The maximum absolute atomic E-state index is 11.9. The predicted octanol–water partition coefficient (Wildman–Crippen LogP) is 2.83. The molecule has 1 N–H and O–H groups in total. The SMILES string of the molecule is Cc1ccc(Cl)cc1C(=O)CCN(C)C(=O)O. The third-order valence-corrected chi connectivity index (χ3v) is 2.74. The molecule has 0 aliphatic rings. The van der Waals surface area contributed by atoms with Crippen LogP contribution >= 0.6 is 11.6 Å². The van der Waals surface area contributed by atoms with Crippen LogP contribution in [0.5, 0.6) is 0 Å². The molecule has 0 unspecified atom stereocenters. The first-order valence-electron chi connectivity index (χ1n) is 5.15. The summed E-state index contributed by atoms with van der Waals surface area (Å²) >= 11 is 5.82. The summed E-state index contributed by atoms with van der Waals surface area (Å²) in [4.78, 5) is 23.5. The van der Waals surface area contributed by atoms with Crippen LogP contribution in [0.2, 0.25) is 5.02 Å². The average molecular weight is 256 g/mol. The summed E-state index contributed by atoms with van der Waals surface area (Å²) in [6.45, 7) is 2.00. The number of hydrogen-bond donors (Lipinski definition) is 1. The molecule has 0 aliphatic carbocycles. The van der Waals surface area contributed by atoms with Crippen LogP contribution in [0.25, 0.3) is 0 Å². The summed E-state index contributed by atoms with van der Waals surface area (Å²) in [6, 6.07) is 5.10. The Morgan fingerprint density at radius 1 is 1.41 bits per heavy atom. The van der Waals surface area contributed by atoms with Crippen LogP contribution in [0.15, 0.2) is 18.2 Å². The molecule has 0 heterocycles. The number of carbonyl (C=O) groups is 2. The molecule has 0 saturated carbocycles. The molecule has 1 amide bonds. The molecule has 1 aromatic rings. The van der Waals surface area contributed by atoms with Gasteiger partial charge in [-0.1, -0.05) is 17.7 Å². The Balaban J connectivity index is 2.70. The fraction of sp³-hybridized carbons (Fsp3) is 0.333. The predicted molar refractivity (Wildman–Crippen MR) is 65.8 cm³/mol. The van der Waals surface area contributed by atoms with Crippen molar-refractivity contribution in [3.05, 3.63) is 34.3 Å². The summed E-state index contributed by atoms with van der Waals surface area (Å²) in [7, 11) is 1.43. The second-order valence-corrected chi connectivity index (χ2v) is 4.27. The Labute approximate surface area is 105 Å². The Hall–Kier alpha value is -1.55. The van der Waals surface area contributed by atoms with Crippen LogP contribution in [0.4, 0.5) is 4.79 Å². The number of hydrogen-bond acceptors (Lipinski definition) is 2. The molecule has 17 heavy (non-hydrogen) atoms. The van der Waals surface area contributed by atoms with E-state index in [0.717, 1.165) is 10.5 Å². The van der Waals surface area contributed by atoms with E-state index in [1.54, 1.807) is 18.2 Å². The van der Waals surface area contributed by atoms with Crippen LogP contribution in [0.1, 0.15) is 22.3 Å². The Morgan fingerprint density at radius 2 is 2.06 bits per heavy atom. The number of carboxylic acid groups (broad SMARTS) is 1. The van der Waals surface area contributed by atoms with Gasteiger partial charge in [0.2, 0.25) is 0 Å². The van der Waals surface area contributed by atoms with Gasteiger partial charge in [0, 0.05) is 30.6 Å². The van der Waals surface area contributed by atoms with Crippen molar-refractivity contribution in [3.63, 3.8) is 0 Å². The monoisotopic (exact) mass is 255 g/mol. The Bertz CT molecular complexity index is 445. The number of aryl methyl sites for hydroxylation is 1. The number of amides is 1. The van der Waals surface area contributed by atoms with E-state index in [1.807, 2.05) is 6.92 Å². The van der Waals surface area contributed by atoms with Crippen molar-refractivity contribution in [1.29, 1.82) is 0 Å². The summed E-state index contributed by atoms with van der Waals surface area (Å²) in [5.41, 5.74) is 1.40. The van der Waals surface area contributed by atoms with Gasteiger partial charge in [-0.15, -0.1) is 0 Å². The third kappa shape index (κ3) is 3.75. The minimum atomic E-state index is -1.04. The van der Waals surface area contributed by atoms with Crippen molar-refractivity contribution in [2.75, 3.05) is 13.6 Å². The lowest BCUT2D eigenvalue weighted by Crippen LogP contribution is -2.27. The van der Waals surface area contributed by atoms with Crippen LogP contribution in [-0.2, 0) is 0 Å². The molecular weight excluding hydrogens is 242 g/mol. The highest BCUT2D eigenvalue weighted by atomic mass is 35.5. The second-order valence-electron chi connectivity index (χ2n) is 3.84. The van der Waals surface area contributed by atoms with Crippen LogP contribution < -0.4 is 0 Å². The fourth-order valence-electron chi connectivity index (χ4n) is 1.39. The number of carbonyl (C=O) groups excluding carboxylic acids is 1. The first kappa shape index (κ1) is 13.5. The quantitative estimate of drug-likeness (QED) is 0.842. The van der Waals surface area contributed by atoms with Crippen molar-refractivity contribution in [2.24, 2.45) is 0 Å². The van der Waals surface area contributed by atoms with Gasteiger partial charge in [0.05, 0.1) is 0 Å². The number of ketones is 1. The molecule has 0 bridgehead atoms. The van der Waals surface area contributed by atoms with E-state index in [1.165, 1.54) is 7.05 Å². The van der Waals surface area contributed by atoms with Gasteiger partial charge >= 0.3 is 6.09 Å². The molecule has 0 aromatic heterocycles. The minimum Gasteiger partial charge on any atom is -0.465 e. The van der Waals surface area contributed by atoms with Crippen LogP contribution in [0.3, 0.4) is 0 Å². The molecule has 5 heteroatoms. The minimum absolute atomic E-state index is 0.0990. The smallest absolute Gasteiger partial charge is 0.407 e. The largest absolute Gasteiger partial charge is 0.465 e. The molecule has 0 atom stereocenters. The maximum atomic E-state index is 11.9. The van der Waals surface area contributed by atoms with E-state index in [9.17, 15) is 9.59 Å². The average Bonchev–Trinajstić information content (AvgIpc) is 2.28. The summed E-state index contributed by atoms with van der Waals surface area (Å²) < 4.78 is 0. The molecule has 1 rings (SSSR count). The van der Waals surface area contributed by atoms with E-state index in [-0.39, 0.29) is 18.7 Å². The van der Waals surface area contributed by atoms with Gasteiger partial charge in [0.1, 0.15) is 0 Å². The summed E-state index contributed by atoms with van der Waals surface area (Å²) in [6.07, 6.45) is -0.884. The first-order chi connectivity index (χ1) is 7.91.